The van der Waals surface area contributed by atoms with Crippen LogP contribution < -0.4 is 5.32 Å². The summed E-state index contributed by atoms with van der Waals surface area (Å²) in [6.07, 6.45) is 0.932. The van der Waals surface area contributed by atoms with E-state index in [1.807, 2.05) is 11.8 Å². The normalized spacial score (nSPS) is 30.6. The third-order valence-corrected chi connectivity index (χ3v) is 4.35. The van der Waals surface area contributed by atoms with Crippen molar-refractivity contribution in [2.75, 3.05) is 18.1 Å². The zero-order chi connectivity index (χ0) is 10.8. The molecule has 1 fully saturated rings. The largest absolute Gasteiger partial charge is 0.388 e. The lowest BCUT2D eigenvalue weighted by Crippen LogP contribution is -2.47. The topological polar surface area (TPSA) is 32.3 Å². The summed E-state index contributed by atoms with van der Waals surface area (Å²) < 4.78 is 0. The van der Waals surface area contributed by atoms with E-state index in [2.05, 4.69) is 33.0 Å². The molecule has 1 aliphatic heterocycles. The SMILES string of the molecule is CC(NCC1(O)CCSC1)C(C)(C)C. The van der Waals surface area contributed by atoms with E-state index in [-0.39, 0.29) is 5.41 Å². The van der Waals surface area contributed by atoms with Crippen LogP contribution in [0.2, 0.25) is 0 Å². The van der Waals surface area contributed by atoms with E-state index < -0.39 is 5.60 Å². The van der Waals surface area contributed by atoms with Crippen molar-refractivity contribution in [3.05, 3.63) is 0 Å². The maximum atomic E-state index is 10.1. The Morgan fingerprint density at radius 2 is 2.14 bits per heavy atom. The van der Waals surface area contributed by atoms with Crippen molar-refractivity contribution in [2.45, 2.75) is 45.8 Å². The summed E-state index contributed by atoms with van der Waals surface area (Å²) in [6, 6.07) is 0.442. The molecule has 0 bridgehead atoms. The number of hydrogen-bond acceptors (Lipinski definition) is 3. The summed E-state index contributed by atoms with van der Waals surface area (Å²) in [5.41, 5.74) is -0.188. The monoisotopic (exact) mass is 217 g/mol. The highest BCUT2D eigenvalue weighted by molar-refractivity contribution is 7.99. The highest BCUT2D eigenvalue weighted by Gasteiger charge is 2.32. The van der Waals surface area contributed by atoms with E-state index in [1.54, 1.807) is 0 Å². The molecule has 0 saturated carbocycles. The molecule has 0 aromatic rings. The van der Waals surface area contributed by atoms with Crippen LogP contribution in [0.3, 0.4) is 0 Å². The average molecular weight is 217 g/mol. The van der Waals surface area contributed by atoms with Gasteiger partial charge in [-0.15, -0.1) is 0 Å². The minimum absolute atomic E-state index is 0.266. The van der Waals surface area contributed by atoms with Gasteiger partial charge in [0, 0.05) is 18.3 Å². The molecule has 2 nitrogen and oxygen atoms in total. The summed E-state index contributed by atoms with van der Waals surface area (Å²) in [5.74, 6) is 1.99. The van der Waals surface area contributed by atoms with E-state index >= 15 is 0 Å². The summed E-state index contributed by atoms with van der Waals surface area (Å²) in [7, 11) is 0. The molecule has 0 amide bonds. The van der Waals surface area contributed by atoms with E-state index in [4.69, 9.17) is 0 Å². The Balaban J connectivity index is 2.33. The standard InChI is InChI=1S/C11H23NOS/c1-9(10(2,3)4)12-7-11(13)5-6-14-8-11/h9,12-13H,5-8H2,1-4H3. The van der Waals surface area contributed by atoms with E-state index in [0.717, 1.165) is 24.5 Å². The molecule has 2 N–H and O–H groups in total. The van der Waals surface area contributed by atoms with Crippen LogP contribution in [0.15, 0.2) is 0 Å². The lowest BCUT2D eigenvalue weighted by molar-refractivity contribution is 0.0601. The molecule has 1 saturated heterocycles. The lowest BCUT2D eigenvalue weighted by Gasteiger charge is -2.31. The predicted molar refractivity (Wildman–Crippen MR) is 63.8 cm³/mol. The highest BCUT2D eigenvalue weighted by atomic mass is 32.2. The minimum Gasteiger partial charge on any atom is -0.388 e. The van der Waals surface area contributed by atoms with Crippen molar-refractivity contribution in [1.82, 2.24) is 5.32 Å². The van der Waals surface area contributed by atoms with Gasteiger partial charge in [-0.1, -0.05) is 20.8 Å². The van der Waals surface area contributed by atoms with Crippen molar-refractivity contribution in [3.8, 4) is 0 Å². The highest BCUT2D eigenvalue weighted by Crippen LogP contribution is 2.28. The lowest BCUT2D eigenvalue weighted by atomic mass is 9.87. The Morgan fingerprint density at radius 3 is 2.57 bits per heavy atom. The molecule has 3 heteroatoms. The van der Waals surface area contributed by atoms with Gasteiger partial charge in [-0.3, -0.25) is 0 Å². The van der Waals surface area contributed by atoms with Crippen molar-refractivity contribution in [2.24, 2.45) is 5.41 Å². The summed E-state index contributed by atoms with van der Waals surface area (Å²) >= 11 is 1.85. The molecule has 2 atom stereocenters. The van der Waals surface area contributed by atoms with Gasteiger partial charge in [0.1, 0.15) is 0 Å². The maximum absolute atomic E-state index is 10.1. The van der Waals surface area contributed by atoms with Gasteiger partial charge >= 0.3 is 0 Å². The molecular weight excluding hydrogens is 194 g/mol. The molecule has 1 aliphatic rings. The van der Waals surface area contributed by atoms with Crippen LogP contribution in [0.25, 0.3) is 0 Å². The number of aliphatic hydroxyl groups is 1. The Kier molecular flexibility index (Phi) is 3.89. The second-order valence-corrected chi connectivity index (χ2v) is 6.60. The van der Waals surface area contributed by atoms with Crippen LogP contribution in [0.5, 0.6) is 0 Å². The van der Waals surface area contributed by atoms with Gasteiger partial charge in [0.05, 0.1) is 5.60 Å². The molecule has 84 valence electrons. The van der Waals surface area contributed by atoms with Crippen LogP contribution in [0.4, 0.5) is 0 Å². The van der Waals surface area contributed by atoms with Gasteiger partial charge in [0.25, 0.3) is 0 Å². The summed E-state index contributed by atoms with van der Waals surface area (Å²) in [5, 5.41) is 13.6. The Bertz CT molecular complexity index is 182. The second-order valence-electron chi connectivity index (χ2n) is 5.50. The van der Waals surface area contributed by atoms with Crippen LogP contribution in [0.1, 0.15) is 34.1 Å². The Labute approximate surface area is 91.9 Å². The first-order valence-corrected chi connectivity index (χ1v) is 6.52. The van der Waals surface area contributed by atoms with Crippen LogP contribution in [-0.4, -0.2) is 34.8 Å². The third-order valence-electron chi connectivity index (χ3n) is 3.12. The molecule has 1 rings (SSSR count). The van der Waals surface area contributed by atoms with Gasteiger partial charge in [-0.2, -0.15) is 11.8 Å². The first kappa shape index (κ1) is 12.3. The zero-order valence-corrected chi connectivity index (χ0v) is 10.6. The molecule has 0 aromatic carbocycles. The number of nitrogens with one attached hydrogen (secondary N) is 1. The number of thioether (sulfide) groups is 1. The fraction of sp³-hybridized carbons (Fsp3) is 1.00. The molecule has 2 unspecified atom stereocenters. The first-order valence-electron chi connectivity index (χ1n) is 5.37. The van der Waals surface area contributed by atoms with Crippen molar-refractivity contribution < 1.29 is 5.11 Å². The Hall–Kier alpha value is 0.270. The zero-order valence-electron chi connectivity index (χ0n) is 9.76. The summed E-state index contributed by atoms with van der Waals surface area (Å²) in [6.45, 7) is 9.58. The van der Waals surface area contributed by atoms with Gasteiger partial charge in [0.15, 0.2) is 0 Å². The van der Waals surface area contributed by atoms with Crippen LogP contribution in [-0.2, 0) is 0 Å². The number of rotatable bonds is 3. The van der Waals surface area contributed by atoms with Gasteiger partial charge in [-0.25, -0.2) is 0 Å². The van der Waals surface area contributed by atoms with Crippen molar-refractivity contribution >= 4 is 11.8 Å². The molecular formula is C11H23NOS. The van der Waals surface area contributed by atoms with E-state index in [1.165, 1.54) is 0 Å². The molecule has 0 spiro atoms. The molecule has 0 aromatic heterocycles. The van der Waals surface area contributed by atoms with Gasteiger partial charge in [-0.05, 0) is 24.5 Å². The predicted octanol–water partition coefficient (Wildman–Crippen LogP) is 1.88. The third kappa shape index (κ3) is 3.44. The van der Waals surface area contributed by atoms with Gasteiger partial charge < -0.3 is 10.4 Å². The maximum Gasteiger partial charge on any atom is 0.0869 e. The van der Waals surface area contributed by atoms with E-state index in [0.29, 0.717) is 6.04 Å². The minimum atomic E-state index is -0.454. The smallest absolute Gasteiger partial charge is 0.0869 e. The van der Waals surface area contributed by atoms with E-state index in [9.17, 15) is 5.11 Å². The van der Waals surface area contributed by atoms with Crippen molar-refractivity contribution in [3.63, 3.8) is 0 Å². The Morgan fingerprint density at radius 1 is 1.50 bits per heavy atom. The molecule has 14 heavy (non-hydrogen) atoms. The molecule has 1 heterocycles. The quantitative estimate of drug-likeness (QED) is 0.757. The molecule has 0 radical (unpaired) electrons. The molecule has 0 aliphatic carbocycles. The first-order chi connectivity index (χ1) is 6.33. The van der Waals surface area contributed by atoms with Crippen LogP contribution >= 0.6 is 11.8 Å². The fourth-order valence-corrected chi connectivity index (χ4v) is 2.68. The second kappa shape index (κ2) is 4.42. The van der Waals surface area contributed by atoms with Crippen LogP contribution in [0, 0.1) is 5.41 Å². The fourth-order valence-electron chi connectivity index (χ4n) is 1.39. The number of hydrogen-bond donors (Lipinski definition) is 2. The van der Waals surface area contributed by atoms with Crippen molar-refractivity contribution in [1.29, 1.82) is 0 Å². The average Bonchev–Trinajstić information content (AvgIpc) is 2.47. The van der Waals surface area contributed by atoms with Gasteiger partial charge in [0.2, 0.25) is 0 Å². The summed E-state index contributed by atoms with van der Waals surface area (Å²) in [4.78, 5) is 0.